The lowest BCUT2D eigenvalue weighted by Gasteiger charge is -2.30. The molecular weight excluding hydrogens is 354 g/mol. The van der Waals surface area contributed by atoms with Crippen LogP contribution < -0.4 is 9.80 Å². The van der Waals surface area contributed by atoms with Crippen LogP contribution in [0.25, 0.3) is 0 Å². The van der Waals surface area contributed by atoms with Crippen LogP contribution in [0.2, 0.25) is 0 Å². The maximum atomic E-state index is 2.55. The van der Waals surface area contributed by atoms with E-state index in [-0.39, 0.29) is 0 Å². The van der Waals surface area contributed by atoms with Gasteiger partial charge in [-0.15, -0.1) is 0 Å². The minimum Gasteiger partial charge on any atom is -0.378 e. The predicted molar refractivity (Wildman–Crippen MR) is 126 cm³/mol. The topological polar surface area (TPSA) is 9.72 Å². The van der Waals surface area contributed by atoms with Gasteiger partial charge >= 0.3 is 0 Å². The summed E-state index contributed by atoms with van der Waals surface area (Å²) in [5, 5.41) is 0. The Morgan fingerprint density at radius 2 is 1.00 bits per heavy atom. The summed E-state index contributed by atoms with van der Waals surface area (Å²) in [6.45, 7) is 4.14. The molecule has 0 bridgehead atoms. The molecule has 0 amide bonds. The van der Waals surface area contributed by atoms with Gasteiger partial charge in [0.2, 0.25) is 0 Å². The van der Waals surface area contributed by atoms with Crippen molar-refractivity contribution in [3.63, 3.8) is 0 Å². The Balaban J connectivity index is 1.82. The first-order valence-corrected chi connectivity index (χ1v) is 10.3. The fourth-order valence-corrected chi connectivity index (χ4v) is 3.54. The Hall–Kier alpha value is -2.78. The van der Waals surface area contributed by atoms with Gasteiger partial charge in [-0.25, -0.2) is 0 Å². The van der Waals surface area contributed by atoms with Crippen molar-refractivity contribution in [1.82, 2.24) is 4.90 Å². The fraction of sp³-hybridized carbons (Fsp3) is 0.308. The van der Waals surface area contributed by atoms with Crippen molar-refractivity contribution in [3.8, 4) is 0 Å². The zero-order valence-corrected chi connectivity index (χ0v) is 18.3. The first-order valence-electron chi connectivity index (χ1n) is 10.3. The largest absolute Gasteiger partial charge is 0.378 e. The molecule has 0 aromatic heterocycles. The molecule has 0 saturated heterocycles. The standard InChI is InChI=1S/C26H33N3/c1-21(24-9-7-6-8-10-24)29(19-22-11-15-25(16-12-22)27(2)3)20-23-13-17-26(18-14-23)28(4)5/h6-18,21H,19-20H2,1-5H3. The van der Waals surface area contributed by atoms with Gasteiger partial charge < -0.3 is 9.80 Å². The molecular formula is C26H33N3. The number of hydrogen-bond donors (Lipinski definition) is 0. The highest BCUT2D eigenvalue weighted by Gasteiger charge is 2.17. The summed E-state index contributed by atoms with van der Waals surface area (Å²) in [5.74, 6) is 0. The molecule has 3 aromatic rings. The highest BCUT2D eigenvalue weighted by Crippen LogP contribution is 2.26. The lowest BCUT2D eigenvalue weighted by atomic mass is 10.0. The molecule has 3 aromatic carbocycles. The van der Waals surface area contributed by atoms with Gasteiger partial charge in [-0.2, -0.15) is 0 Å². The minimum absolute atomic E-state index is 0.332. The molecule has 3 rings (SSSR count). The van der Waals surface area contributed by atoms with Crippen molar-refractivity contribution in [2.75, 3.05) is 38.0 Å². The van der Waals surface area contributed by atoms with Crippen LogP contribution in [0.15, 0.2) is 78.9 Å². The second-order valence-electron chi connectivity index (χ2n) is 8.11. The fourth-order valence-electron chi connectivity index (χ4n) is 3.54. The Morgan fingerprint density at radius 1 is 0.586 bits per heavy atom. The summed E-state index contributed by atoms with van der Waals surface area (Å²) in [5.41, 5.74) is 6.49. The number of hydrogen-bond acceptors (Lipinski definition) is 3. The number of rotatable bonds is 8. The van der Waals surface area contributed by atoms with E-state index in [4.69, 9.17) is 0 Å². The molecule has 152 valence electrons. The van der Waals surface area contributed by atoms with Crippen molar-refractivity contribution in [2.45, 2.75) is 26.1 Å². The Bertz CT molecular complexity index is 815. The van der Waals surface area contributed by atoms with Gasteiger partial charge in [-0.3, -0.25) is 4.90 Å². The van der Waals surface area contributed by atoms with E-state index in [9.17, 15) is 0 Å². The second kappa shape index (κ2) is 9.62. The average molecular weight is 388 g/mol. The third-order valence-electron chi connectivity index (χ3n) is 5.51. The first kappa shape index (κ1) is 20.9. The Labute approximate surface area is 176 Å². The Kier molecular flexibility index (Phi) is 6.95. The third-order valence-corrected chi connectivity index (χ3v) is 5.51. The van der Waals surface area contributed by atoms with Crippen LogP contribution in [0.5, 0.6) is 0 Å². The normalized spacial score (nSPS) is 12.1. The van der Waals surface area contributed by atoms with Gasteiger partial charge in [0.1, 0.15) is 0 Å². The maximum Gasteiger partial charge on any atom is 0.0361 e. The smallest absolute Gasteiger partial charge is 0.0361 e. The molecule has 0 saturated carbocycles. The van der Waals surface area contributed by atoms with E-state index in [1.807, 2.05) is 0 Å². The van der Waals surface area contributed by atoms with Gasteiger partial charge in [-0.05, 0) is 47.9 Å². The molecule has 1 atom stereocenters. The van der Waals surface area contributed by atoms with Gasteiger partial charge in [0, 0.05) is 58.7 Å². The highest BCUT2D eigenvalue weighted by molar-refractivity contribution is 5.47. The van der Waals surface area contributed by atoms with Crippen LogP contribution >= 0.6 is 0 Å². The maximum absolute atomic E-state index is 2.55. The van der Waals surface area contributed by atoms with Gasteiger partial charge in [0.05, 0.1) is 0 Å². The van der Waals surface area contributed by atoms with E-state index in [1.165, 1.54) is 28.1 Å². The summed E-state index contributed by atoms with van der Waals surface area (Å²) in [6.07, 6.45) is 0. The molecule has 0 aliphatic carbocycles. The number of nitrogens with zero attached hydrogens (tertiary/aromatic N) is 3. The zero-order chi connectivity index (χ0) is 20.8. The van der Waals surface area contributed by atoms with Crippen LogP contribution in [0.1, 0.15) is 29.7 Å². The zero-order valence-electron chi connectivity index (χ0n) is 18.3. The van der Waals surface area contributed by atoms with Crippen LogP contribution in [0, 0.1) is 0 Å². The van der Waals surface area contributed by atoms with E-state index in [1.54, 1.807) is 0 Å². The highest BCUT2D eigenvalue weighted by atomic mass is 15.1. The van der Waals surface area contributed by atoms with Crippen molar-refractivity contribution in [3.05, 3.63) is 95.6 Å². The van der Waals surface area contributed by atoms with Crippen LogP contribution in [-0.2, 0) is 13.1 Å². The molecule has 0 N–H and O–H groups in total. The molecule has 0 heterocycles. The average Bonchev–Trinajstić information content (AvgIpc) is 2.74. The van der Waals surface area contributed by atoms with Crippen LogP contribution in [-0.4, -0.2) is 33.1 Å². The van der Waals surface area contributed by atoms with E-state index in [2.05, 4.69) is 129 Å². The molecule has 29 heavy (non-hydrogen) atoms. The monoisotopic (exact) mass is 387 g/mol. The summed E-state index contributed by atoms with van der Waals surface area (Å²) in [6, 6.07) is 28.9. The minimum atomic E-state index is 0.332. The summed E-state index contributed by atoms with van der Waals surface area (Å²) < 4.78 is 0. The SMILES string of the molecule is CC(c1ccccc1)N(Cc1ccc(N(C)C)cc1)Cc1ccc(N(C)C)cc1. The molecule has 1 unspecified atom stereocenters. The van der Waals surface area contributed by atoms with E-state index < -0.39 is 0 Å². The van der Waals surface area contributed by atoms with Crippen LogP contribution in [0.3, 0.4) is 0 Å². The number of benzene rings is 3. The van der Waals surface area contributed by atoms with Crippen molar-refractivity contribution in [1.29, 1.82) is 0 Å². The van der Waals surface area contributed by atoms with E-state index in [0.29, 0.717) is 6.04 Å². The summed E-state index contributed by atoms with van der Waals surface area (Å²) in [7, 11) is 8.32. The quantitative estimate of drug-likeness (QED) is 0.499. The van der Waals surface area contributed by atoms with Crippen molar-refractivity contribution < 1.29 is 0 Å². The van der Waals surface area contributed by atoms with Crippen molar-refractivity contribution in [2.24, 2.45) is 0 Å². The number of anilines is 2. The second-order valence-corrected chi connectivity index (χ2v) is 8.11. The molecule has 0 radical (unpaired) electrons. The summed E-state index contributed by atoms with van der Waals surface area (Å²) in [4.78, 5) is 6.82. The van der Waals surface area contributed by atoms with Crippen LogP contribution in [0.4, 0.5) is 11.4 Å². The lowest BCUT2D eigenvalue weighted by Crippen LogP contribution is -2.26. The lowest BCUT2D eigenvalue weighted by molar-refractivity contribution is 0.192. The summed E-state index contributed by atoms with van der Waals surface area (Å²) >= 11 is 0. The van der Waals surface area contributed by atoms with E-state index >= 15 is 0 Å². The predicted octanol–water partition coefficient (Wildman–Crippen LogP) is 5.58. The van der Waals surface area contributed by atoms with E-state index in [0.717, 1.165) is 13.1 Å². The third kappa shape index (κ3) is 5.61. The molecule has 0 aliphatic rings. The van der Waals surface area contributed by atoms with Gasteiger partial charge in [0.15, 0.2) is 0 Å². The first-order chi connectivity index (χ1) is 13.9. The molecule has 0 aliphatic heterocycles. The molecule has 0 spiro atoms. The molecule has 3 heteroatoms. The Morgan fingerprint density at radius 3 is 1.38 bits per heavy atom. The molecule has 0 fully saturated rings. The van der Waals surface area contributed by atoms with Gasteiger partial charge in [-0.1, -0.05) is 54.6 Å². The molecule has 3 nitrogen and oxygen atoms in total. The van der Waals surface area contributed by atoms with Crippen molar-refractivity contribution >= 4 is 11.4 Å². The van der Waals surface area contributed by atoms with Gasteiger partial charge in [0.25, 0.3) is 0 Å².